The van der Waals surface area contributed by atoms with E-state index in [2.05, 4.69) is 27.5 Å². The summed E-state index contributed by atoms with van der Waals surface area (Å²) in [6.45, 7) is 4.52. The van der Waals surface area contributed by atoms with Crippen LogP contribution in [-0.4, -0.2) is 36.6 Å². The van der Waals surface area contributed by atoms with Crippen LogP contribution in [0.5, 0.6) is 5.75 Å². The summed E-state index contributed by atoms with van der Waals surface area (Å²) in [5, 5.41) is 6.98. The predicted octanol–water partition coefficient (Wildman–Crippen LogP) is 3.90. The van der Waals surface area contributed by atoms with Gasteiger partial charge in [0.2, 0.25) is 0 Å². The number of benzene rings is 2. The van der Waals surface area contributed by atoms with Crippen molar-refractivity contribution in [3.8, 4) is 5.75 Å². The number of aromatic nitrogens is 1. The van der Waals surface area contributed by atoms with E-state index in [0.29, 0.717) is 24.5 Å². The highest BCUT2D eigenvalue weighted by Crippen LogP contribution is 2.22. The van der Waals surface area contributed by atoms with Crippen LogP contribution in [0.4, 0.5) is 0 Å². The molecule has 3 aromatic rings. The molecule has 0 saturated carbocycles. The highest BCUT2D eigenvalue weighted by atomic mass is 16.5. The first-order valence-electron chi connectivity index (χ1n) is 9.60. The number of carbonyl (C=O) groups is 1. The van der Waals surface area contributed by atoms with Crippen molar-refractivity contribution in [2.45, 2.75) is 26.5 Å². The molecule has 0 radical (unpaired) electrons. The van der Waals surface area contributed by atoms with E-state index in [1.54, 1.807) is 12.1 Å². The van der Waals surface area contributed by atoms with Crippen LogP contribution >= 0.6 is 0 Å². The molecule has 0 fully saturated rings. The van der Waals surface area contributed by atoms with Crippen LogP contribution in [0.1, 0.15) is 39.0 Å². The standard InChI is InChI=1S/C23H27N3O3/c1-16-20(17(2)29-25-16)15-28-22-13-9-8-12-19(22)23(27)24-14-21(26(3)4)18-10-6-5-7-11-18/h5-13,21H,14-15H2,1-4H3,(H,24,27). The summed E-state index contributed by atoms with van der Waals surface area (Å²) in [4.78, 5) is 15.0. The molecule has 0 bridgehead atoms. The molecule has 1 amide bonds. The number of carbonyl (C=O) groups excluding carboxylic acids is 1. The second-order valence-corrected chi connectivity index (χ2v) is 7.19. The lowest BCUT2D eigenvalue weighted by Crippen LogP contribution is -2.34. The lowest BCUT2D eigenvalue weighted by atomic mass is 10.1. The lowest BCUT2D eigenvalue weighted by molar-refractivity contribution is 0.0937. The molecule has 1 aromatic heterocycles. The summed E-state index contributed by atoms with van der Waals surface area (Å²) in [5.74, 6) is 1.09. The molecule has 0 aliphatic carbocycles. The highest BCUT2D eigenvalue weighted by molar-refractivity contribution is 5.96. The van der Waals surface area contributed by atoms with E-state index in [-0.39, 0.29) is 11.9 Å². The first-order valence-corrected chi connectivity index (χ1v) is 9.60. The topological polar surface area (TPSA) is 67.6 Å². The maximum atomic E-state index is 12.9. The summed E-state index contributed by atoms with van der Waals surface area (Å²) >= 11 is 0. The molecule has 152 valence electrons. The zero-order valence-corrected chi connectivity index (χ0v) is 17.3. The average molecular weight is 393 g/mol. The summed E-state index contributed by atoms with van der Waals surface area (Å²) in [7, 11) is 4.01. The van der Waals surface area contributed by atoms with E-state index in [1.807, 2.05) is 58.3 Å². The van der Waals surface area contributed by atoms with Crippen molar-refractivity contribution in [3.63, 3.8) is 0 Å². The van der Waals surface area contributed by atoms with Crippen molar-refractivity contribution in [1.29, 1.82) is 0 Å². The number of ether oxygens (including phenoxy) is 1. The number of hydrogen-bond acceptors (Lipinski definition) is 5. The smallest absolute Gasteiger partial charge is 0.255 e. The van der Waals surface area contributed by atoms with Gasteiger partial charge in [0.1, 0.15) is 18.1 Å². The molecule has 1 unspecified atom stereocenters. The van der Waals surface area contributed by atoms with Gasteiger partial charge in [-0.25, -0.2) is 0 Å². The Labute approximate surface area is 171 Å². The molecule has 0 aliphatic rings. The molecule has 6 heteroatoms. The van der Waals surface area contributed by atoms with Gasteiger partial charge in [0.25, 0.3) is 5.91 Å². The van der Waals surface area contributed by atoms with Gasteiger partial charge < -0.3 is 19.5 Å². The third kappa shape index (κ3) is 5.03. The SMILES string of the molecule is Cc1noc(C)c1COc1ccccc1C(=O)NCC(c1ccccc1)N(C)C. The molecule has 6 nitrogen and oxygen atoms in total. The van der Waals surface area contributed by atoms with E-state index < -0.39 is 0 Å². The fraction of sp³-hybridized carbons (Fsp3) is 0.304. The van der Waals surface area contributed by atoms with Gasteiger partial charge in [0.15, 0.2) is 0 Å². The summed E-state index contributed by atoms with van der Waals surface area (Å²) in [6.07, 6.45) is 0. The molecular weight excluding hydrogens is 366 g/mol. The Hall–Kier alpha value is -3.12. The van der Waals surface area contributed by atoms with E-state index in [1.165, 1.54) is 0 Å². The molecule has 1 atom stereocenters. The fourth-order valence-electron chi connectivity index (χ4n) is 3.20. The second kappa shape index (κ2) is 9.39. The van der Waals surface area contributed by atoms with E-state index in [4.69, 9.17) is 9.26 Å². The van der Waals surface area contributed by atoms with Gasteiger partial charge in [-0.05, 0) is 45.6 Å². The maximum absolute atomic E-state index is 12.9. The first kappa shape index (κ1) is 20.6. The zero-order chi connectivity index (χ0) is 20.8. The van der Waals surface area contributed by atoms with E-state index in [0.717, 1.165) is 22.6 Å². The van der Waals surface area contributed by atoms with Crippen molar-refractivity contribution >= 4 is 5.91 Å². The van der Waals surface area contributed by atoms with Crippen molar-refractivity contribution in [1.82, 2.24) is 15.4 Å². The molecule has 1 heterocycles. The molecule has 0 spiro atoms. The van der Waals surface area contributed by atoms with Crippen LogP contribution in [0.15, 0.2) is 59.1 Å². The monoisotopic (exact) mass is 393 g/mol. The quantitative estimate of drug-likeness (QED) is 0.629. The number of hydrogen-bond donors (Lipinski definition) is 1. The Kier molecular flexibility index (Phi) is 6.67. The van der Waals surface area contributed by atoms with Gasteiger partial charge in [-0.2, -0.15) is 0 Å². The second-order valence-electron chi connectivity index (χ2n) is 7.19. The van der Waals surface area contributed by atoms with Crippen LogP contribution in [0.25, 0.3) is 0 Å². The van der Waals surface area contributed by atoms with Crippen LogP contribution in [0.2, 0.25) is 0 Å². The average Bonchev–Trinajstić information content (AvgIpc) is 3.04. The number of rotatable bonds is 8. The number of amides is 1. The van der Waals surface area contributed by atoms with Gasteiger partial charge >= 0.3 is 0 Å². The molecule has 0 saturated heterocycles. The number of para-hydroxylation sites is 1. The minimum Gasteiger partial charge on any atom is -0.488 e. The largest absolute Gasteiger partial charge is 0.488 e. The Morgan fingerprint density at radius 3 is 2.45 bits per heavy atom. The van der Waals surface area contributed by atoms with E-state index >= 15 is 0 Å². The van der Waals surface area contributed by atoms with Crippen LogP contribution < -0.4 is 10.1 Å². The molecule has 1 N–H and O–H groups in total. The number of likely N-dealkylation sites (N-methyl/N-ethyl adjacent to an activating group) is 1. The number of nitrogens with one attached hydrogen (secondary N) is 1. The highest BCUT2D eigenvalue weighted by Gasteiger charge is 2.18. The summed E-state index contributed by atoms with van der Waals surface area (Å²) < 4.78 is 11.1. The lowest BCUT2D eigenvalue weighted by Gasteiger charge is -2.25. The Morgan fingerprint density at radius 2 is 1.79 bits per heavy atom. The van der Waals surface area contributed by atoms with Crippen molar-refractivity contribution in [2.75, 3.05) is 20.6 Å². The van der Waals surface area contributed by atoms with Gasteiger partial charge in [-0.15, -0.1) is 0 Å². The van der Waals surface area contributed by atoms with Gasteiger partial charge in [0, 0.05) is 6.54 Å². The molecule has 2 aromatic carbocycles. The van der Waals surface area contributed by atoms with Crippen molar-refractivity contribution in [3.05, 3.63) is 82.7 Å². The third-order valence-electron chi connectivity index (χ3n) is 4.95. The zero-order valence-electron chi connectivity index (χ0n) is 17.3. The molecule has 3 rings (SSSR count). The summed E-state index contributed by atoms with van der Waals surface area (Å²) in [5.41, 5.74) is 3.35. The fourth-order valence-corrected chi connectivity index (χ4v) is 3.20. The Balaban J connectivity index is 1.69. The van der Waals surface area contributed by atoms with Crippen LogP contribution in [0, 0.1) is 13.8 Å². The number of nitrogens with zero attached hydrogens (tertiary/aromatic N) is 2. The minimum atomic E-state index is -0.165. The molecular formula is C23H27N3O3. The van der Waals surface area contributed by atoms with Gasteiger partial charge in [0.05, 0.1) is 22.9 Å². The van der Waals surface area contributed by atoms with Crippen LogP contribution in [0.3, 0.4) is 0 Å². The van der Waals surface area contributed by atoms with Crippen molar-refractivity contribution in [2.24, 2.45) is 0 Å². The van der Waals surface area contributed by atoms with E-state index in [9.17, 15) is 4.79 Å². The Bertz CT molecular complexity index is 932. The first-order chi connectivity index (χ1) is 14.0. The minimum absolute atomic E-state index is 0.0792. The molecule has 29 heavy (non-hydrogen) atoms. The predicted molar refractivity (Wildman–Crippen MR) is 112 cm³/mol. The van der Waals surface area contributed by atoms with Gasteiger partial charge in [-0.3, -0.25) is 4.79 Å². The number of aryl methyl sites for hydroxylation is 2. The molecule has 0 aliphatic heterocycles. The third-order valence-corrected chi connectivity index (χ3v) is 4.95. The maximum Gasteiger partial charge on any atom is 0.255 e. The van der Waals surface area contributed by atoms with Gasteiger partial charge in [-0.1, -0.05) is 47.6 Å². The van der Waals surface area contributed by atoms with Crippen LogP contribution in [-0.2, 0) is 6.61 Å². The summed E-state index contributed by atoms with van der Waals surface area (Å²) in [6, 6.07) is 17.5. The Morgan fingerprint density at radius 1 is 1.10 bits per heavy atom. The normalized spacial score (nSPS) is 12.0. The van der Waals surface area contributed by atoms with Crippen molar-refractivity contribution < 1.29 is 14.1 Å².